The zero-order chi connectivity index (χ0) is 23.5. The molecule has 3 aromatic rings. The highest BCUT2D eigenvalue weighted by Crippen LogP contribution is 2.42. The minimum atomic E-state index is -0.782. The third-order valence-electron chi connectivity index (χ3n) is 5.47. The highest BCUT2D eigenvalue weighted by Gasteiger charge is 2.46. The molecular formula is C27H26N2O4. The number of rotatable bonds is 6. The second-order valence-corrected chi connectivity index (χ2v) is 8.52. The van der Waals surface area contributed by atoms with Crippen LogP contribution in [0.1, 0.15) is 36.6 Å². The molecule has 1 aromatic heterocycles. The van der Waals surface area contributed by atoms with Gasteiger partial charge in [-0.15, -0.1) is 0 Å². The summed E-state index contributed by atoms with van der Waals surface area (Å²) in [5.74, 6) is -0.729. The van der Waals surface area contributed by atoms with E-state index in [4.69, 9.17) is 4.74 Å². The van der Waals surface area contributed by atoms with Gasteiger partial charge in [-0.2, -0.15) is 0 Å². The Kier molecular flexibility index (Phi) is 6.27. The third kappa shape index (κ3) is 4.51. The van der Waals surface area contributed by atoms with Crippen molar-refractivity contribution in [2.24, 2.45) is 5.92 Å². The lowest BCUT2D eigenvalue weighted by molar-refractivity contribution is -0.132. The van der Waals surface area contributed by atoms with E-state index in [2.05, 4.69) is 4.98 Å². The average molecular weight is 443 g/mol. The minimum Gasteiger partial charge on any atom is -0.507 e. The molecule has 168 valence electrons. The summed E-state index contributed by atoms with van der Waals surface area (Å²) in [6.45, 7) is 6.57. The van der Waals surface area contributed by atoms with Crippen LogP contribution in [0.3, 0.4) is 0 Å². The number of hydrogen-bond acceptors (Lipinski definition) is 5. The van der Waals surface area contributed by atoms with Gasteiger partial charge in [0.2, 0.25) is 0 Å². The maximum absolute atomic E-state index is 13.2. The SMILES string of the molecule is Cc1ccc(N2C(=O)C(=O)/C(=C(\O)c3cccc(OCC(C)C)c3)C2c2ccncc2)cc1. The summed E-state index contributed by atoms with van der Waals surface area (Å²) in [5.41, 5.74) is 2.75. The smallest absolute Gasteiger partial charge is 0.300 e. The van der Waals surface area contributed by atoms with Gasteiger partial charge < -0.3 is 9.84 Å². The summed E-state index contributed by atoms with van der Waals surface area (Å²) in [4.78, 5) is 31.8. The lowest BCUT2D eigenvalue weighted by Gasteiger charge is -2.25. The number of ketones is 1. The molecule has 1 unspecified atom stereocenters. The zero-order valence-corrected chi connectivity index (χ0v) is 18.9. The minimum absolute atomic E-state index is 0.0350. The Bertz CT molecular complexity index is 1200. The van der Waals surface area contributed by atoms with Crippen LogP contribution in [0.25, 0.3) is 5.76 Å². The van der Waals surface area contributed by atoms with Gasteiger partial charge in [0.25, 0.3) is 11.7 Å². The average Bonchev–Trinajstić information content (AvgIpc) is 3.09. The van der Waals surface area contributed by atoms with E-state index >= 15 is 0 Å². The molecule has 1 aliphatic rings. The summed E-state index contributed by atoms with van der Waals surface area (Å²) < 4.78 is 5.78. The first kappa shape index (κ1) is 22.3. The fourth-order valence-electron chi connectivity index (χ4n) is 3.82. The molecule has 33 heavy (non-hydrogen) atoms. The Labute approximate surface area is 193 Å². The normalized spacial score (nSPS) is 17.6. The number of amides is 1. The molecule has 0 saturated carbocycles. The first-order valence-electron chi connectivity index (χ1n) is 10.9. The van der Waals surface area contributed by atoms with Crippen LogP contribution >= 0.6 is 0 Å². The van der Waals surface area contributed by atoms with Gasteiger partial charge in [-0.1, -0.05) is 43.7 Å². The Morgan fingerprint density at radius 3 is 2.42 bits per heavy atom. The molecule has 2 heterocycles. The van der Waals surface area contributed by atoms with Crippen LogP contribution in [0.15, 0.2) is 78.6 Å². The van der Waals surface area contributed by atoms with Gasteiger partial charge >= 0.3 is 0 Å². The van der Waals surface area contributed by atoms with Crippen LogP contribution in [0.4, 0.5) is 5.69 Å². The van der Waals surface area contributed by atoms with Crippen molar-refractivity contribution >= 4 is 23.1 Å². The van der Waals surface area contributed by atoms with E-state index in [9.17, 15) is 14.7 Å². The number of pyridine rings is 1. The first-order valence-corrected chi connectivity index (χ1v) is 10.9. The van der Waals surface area contributed by atoms with Crippen LogP contribution in [-0.2, 0) is 9.59 Å². The van der Waals surface area contributed by atoms with Crippen molar-refractivity contribution in [2.45, 2.75) is 26.8 Å². The molecule has 6 nitrogen and oxygen atoms in total. The molecule has 1 amide bonds. The predicted molar refractivity (Wildman–Crippen MR) is 127 cm³/mol. The van der Waals surface area contributed by atoms with Crippen LogP contribution < -0.4 is 9.64 Å². The number of anilines is 1. The third-order valence-corrected chi connectivity index (χ3v) is 5.47. The molecule has 4 rings (SSSR count). The van der Waals surface area contributed by atoms with E-state index in [1.807, 2.05) is 32.9 Å². The Hall–Kier alpha value is -3.93. The van der Waals surface area contributed by atoms with Crippen molar-refractivity contribution in [3.8, 4) is 5.75 Å². The van der Waals surface area contributed by atoms with Crippen molar-refractivity contribution in [3.05, 3.63) is 95.3 Å². The predicted octanol–water partition coefficient (Wildman–Crippen LogP) is 5.05. The Balaban J connectivity index is 1.84. The van der Waals surface area contributed by atoms with E-state index in [-0.39, 0.29) is 11.3 Å². The largest absolute Gasteiger partial charge is 0.507 e. The number of carbonyl (C=O) groups excluding carboxylic acids is 2. The van der Waals surface area contributed by atoms with Gasteiger partial charge in [-0.3, -0.25) is 19.5 Å². The number of Topliss-reactive ketones (excluding diaryl/α,β-unsaturated/α-hetero) is 1. The highest BCUT2D eigenvalue weighted by molar-refractivity contribution is 6.51. The number of nitrogens with zero attached hydrogens (tertiary/aromatic N) is 2. The summed E-state index contributed by atoms with van der Waals surface area (Å²) in [6, 6.07) is 17.0. The van der Waals surface area contributed by atoms with E-state index < -0.39 is 17.7 Å². The van der Waals surface area contributed by atoms with Crippen molar-refractivity contribution in [2.75, 3.05) is 11.5 Å². The second-order valence-electron chi connectivity index (χ2n) is 8.52. The standard InChI is InChI=1S/C27H26N2O4/c1-17(2)16-33-22-6-4-5-20(15-22)25(30)23-24(19-11-13-28-14-12-19)29(27(32)26(23)31)21-9-7-18(3)8-10-21/h4-15,17,24,30H,16H2,1-3H3/b25-23-. The lowest BCUT2D eigenvalue weighted by atomic mass is 9.95. The highest BCUT2D eigenvalue weighted by atomic mass is 16.5. The molecule has 0 spiro atoms. The second kappa shape index (κ2) is 9.28. The summed E-state index contributed by atoms with van der Waals surface area (Å²) >= 11 is 0. The molecule has 0 bridgehead atoms. The fourth-order valence-corrected chi connectivity index (χ4v) is 3.82. The molecule has 1 aliphatic heterocycles. The number of aromatic nitrogens is 1. The maximum atomic E-state index is 13.2. The van der Waals surface area contributed by atoms with E-state index in [1.165, 1.54) is 4.90 Å². The number of aliphatic hydroxyl groups excluding tert-OH is 1. The first-order chi connectivity index (χ1) is 15.9. The molecule has 1 atom stereocenters. The van der Waals surface area contributed by atoms with Gasteiger partial charge in [0.1, 0.15) is 11.5 Å². The van der Waals surface area contributed by atoms with Crippen LogP contribution in [0.5, 0.6) is 5.75 Å². The molecule has 0 aliphatic carbocycles. The summed E-state index contributed by atoms with van der Waals surface area (Å²) in [6.07, 6.45) is 3.20. The monoisotopic (exact) mass is 442 g/mol. The lowest BCUT2D eigenvalue weighted by Crippen LogP contribution is -2.29. The summed E-state index contributed by atoms with van der Waals surface area (Å²) in [7, 11) is 0. The van der Waals surface area contributed by atoms with Crippen molar-refractivity contribution in [1.29, 1.82) is 0 Å². The van der Waals surface area contributed by atoms with Gasteiger partial charge in [0, 0.05) is 23.6 Å². The van der Waals surface area contributed by atoms with Crippen molar-refractivity contribution in [3.63, 3.8) is 0 Å². The molecule has 1 saturated heterocycles. The van der Waals surface area contributed by atoms with E-state index in [0.717, 1.165) is 5.56 Å². The van der Waals surface area contributed by atoms with Gasteiger partial charge in [-0.25, -0.2) is 0 Å². The molecule has 1 N–H and O–H groups in total. The molecule has 2 aromatic carbocycles. The molecule has 0 radical (unpaired) electrons. The number of benzene rings is 2. The number of aryl methyl sites for hydroxylation is 1. The number of aliphatic hydroxyl groups is 1. The molecule has 1 fully saturated rings. The van der Waals surface area contributed by atoms with E-state index in [1.54, 1.807) is 60.9 Å². The van der Waals surface area contributed by atoms with Gasteiger partial charge in [-0.05, 0) is 54.8 Å². The molecular weight excluding hydrogens is 416 g/mol. The zero-order valence-electron chi connectivity index (χ0n) is 18.9. The van der Waals surface area contributed by atoms with Gasteiger partial charge in [0.05, 0.1) is 18.2 Å². The Morgan fingerprint density at radius 1 is 1.06 bits per heavy atom. The van der Waals surface area contributed by atoms with Crippen molar-refractivity contribution in [1.82, 2.24) is 4.98 Å². The number of ether oxygens (including phenoxy) is 1. The number of carbonyl (C=O) groups is 2. The Morgan fingerprint density at radius 2 is 1.76 bits per heavy atom. The molecule has 6 heteroatoms. The van der Waals surface area contributed by atoms with Crippen LogP contribution in [0.2, 0.25) is 0 Å². The van der Waals surface area contributed by atoms with Crippen LogP contribution in [-0.4, -0.2) is 28.4 Å². The van der Waals surface area contributed by atoms with Crippen molar-refractivity contribution < 1.29 is 19.4 Å². The van der Waals surface area contributed by atoms with Crippen LogP contribution in [0, 0.1) is 12.8 Å². The topological polar surface area (TPSA) is 79.7 Å². The summed E-state index contributed by atoms with van der Waals surface area (Å²) in [5, 5.41) is 11.3. The van der Waals surface area contributed by atoms with Gasteiger partial charge in [0.15, 0.2) is 0 Å². The maximum Gasteiger partial charge on any atom is 0.300 e. The fraction of sp³-hybridized carbons (Fsp3) is 0.222. The quantitative estimate of drug-likeness (QED) is 0.328. The number of hydrogen-bond donors (Lipinski definition) is 1. The van der Waals surface area contributed by atoms with E-state index in [0.29, 0.717) is 35.1 Å².